The highest BCUT2D eigenvalue weighted by Gasteiger charge is 2.65. The van der Waals surface area contributed by atoms with Crippen LogP contribution < -0.4 is 5.32 Å². The van der Waals surface area contributed by atoms with Gasteiger partial charge in [-0.1, -0.05) is 19.9 Å². The molecule has 4 aromatic rings. The van der Waals surface area contributed by atoms with Crippen molar-refractivity contribution >= 4 is 11.7 Å². The number of amides is 1. The van der Waals surface area contributed by atoms with Crippen molar-refractivity contribution in [2.24, 2.45) is 5.41 Å². The van der Waals surface area contributed by atoms with Gasteiger partial charge in [0.25, 0.3) is 5.91 Å². The second-order valence-corrected chi connectivity index (χ2v) is 10.7. The molecule has 2 aliphatic carbocycles. The van der Waals surface area contributed by atoms with E-state index in [2.05, 4.69) is 39.3 Å². The van der Waals surface area contributed by atoms with Gasteiger partial charge in [-0.3, -0.25) is 4.79 Å². The lowest BCUT2D eigenvalue weighted by molar-refractivity contribution is -0.123. The number of halogens is 2. The number of aliphatic hydroxyl groups is 1. The number of rotatable bonds is 5. The summed E-state index contributed by atoms with van der Waals surface area (Å²) in [6, 6.07) is 10.8. The predicted molar refractivity (Wildman–Crippen MR) is 139 cm³/mol. The SMILES string of the molecule is C[C@@H](O)C(=O)Nc1ccc(-c2nccc([C@]34CC[C@@H](c5cc(-c6c(F)cccc6F)nnc53)C4(C)C)n2)cn1. The lowest BCUT2D eigenvalue weighted by atomic mass is 9.66. The number of nitrogens with zero attached hydrogens (tertiary/aromatic N) is 5. The first-order valence-electron chi connectivity index (χ1n) is 12.7. The summed E-state index contributed by atoms with van der Waals surface area (Å²) in [5.41, 5.74) is 2.35. The molecule has 8 nitrogen and oxygen atoms in total. The summed E-state index contributed by atoms with van der Waals surface area (Å²) in [4.78, 5) is 25.4. The van der Waals surface area contributed by atoms with Crippen molar-refractivity contribution in [2.75, 3.05) is 5.32 Å². The molecule has 1 aromatic carbocycles. The van der Waals surface area contributed by atoms with E-state index in [0.29, 0.717) is 17.2 Å². The Kier molecular flexibility index (Phi) is 5.76. The van der Waals surface area contributed by atoms with E-state index in [1.54, 1.807) is 30.6 Å². The molecule has 0 aliphatic heterocycles. The summed E-state index contributed by atoms with van der Waals surface area (Å²) in [6.45, 7) is 5.74. The molecule has 1 saturated carbocycles. The van der Waals surface area contributed by atoms with Crippen molar-refractivity contribution in [1.82, 2.24) is 25.1 Å². The van der Waals surface area contributed by atoms with Crippen LogP contribution in [-0.2, 0) is 10.2 Å². The molecule has 198 valence electrons. The number of aliphatic hydroxyl groups excluding tert-OH is 1. The monoisotopic (exact) mass is 528 g/mol. The molecule has 0 saturated heterocycles. The van der Waals surface area contributed by atoms with E-state index in [0.717, 1.165) is 29.8 Å². The van der Waals surface area contributed by atoms with Gasteiger partial charge in [-0.25, -0.2) is 23.7 Å². The summed E-state index contributed by atoms with van der Waals surface area (Å²) in [7, 11) is 0. The smallest absolute Gasteiger partial charge is 0.254 e. The van der Waals surface area contributed by atoms with Crippen LogP contribution in [0.5, 0.6) is 0 Å². The molecule has 3 atom stereocenters. The molecule has 2 N–H and O–H groups in total. The van der Waals surface area contributed by atoms with Gasteiger partial charge in [0.2, 0.25) is 0 Å². The van der Waals surface area contributed by atoms with Crippen molar-refractivity contribution in [1.29, 1.82) is 0 Å². The normalized spacial score (nSPS) is 21.4. The first-order chi connectivity index (χ1) is 18.6. The number of carbonyl (C=O) groups excluding carboxylic acids is 1. The lowest BCUT2D eigenvalue weighted by Gasteiger charge is -2.37. The summed E-state index contributed by atoms with van der Waals surface area (Å²) >= 11 is 0. The Morgan fingerprint density at radius 3 is 2.56 bits per heavy atom. The molecule has 2 aliphatic rings. The van der Waals surface area contributed by atoms with Gasteiger partial charge in [0, 0.05) is 18.0 Å². The van der Waals surface area contributed by atoms with Crippen LogP contribution in [0.2, 0.25) is 0 Å². The van der Waals surface area contributed by atoms with Crippen LogP contribution in [0.1, 0.15) is 56.5 Å². The van der Waals surface area contributed by atoms with E-state index < -0.39 is 29.1 Å². The minimum atomic E-state index is -1.15. The van der Waals surface area contributed by atoms with E-state index in [4.69, 9.17) is 4.98 Å². The molecule has 10 heteroatoms. The first kappa shape index (κ1) is 25.1. The number of aromatic nitrogens is 5. The summed E-state index contributed by atoms with van der Waals surface area (Å²) < 4.78 is 29.1. The third kappa shape index (κ3) is 3.73. The molecule has 1 amide bonds. The van der Waals surface area contributed by atoms with Crippen LogP contribution in [0, 0.1) is 17.0 Å². The highest BCUT2D eigenvalue weighted by Crippen LogP contribution is 2.69. The molecular weight excluding hydrogens is 502 g/mol. The lowest BCUT2D eigenvalue weighted by Crippen LogP contribution is -2.38. The molecular formula is C29H26F2N6O2. The molecule has 0 spiro atoms. The van der Waals surface area contributed by atoms with E-state index >= 15 is 0 Å². The number of hydrogen-bond donors (Lipinski definition) is 2. The average molecular weight is 529 g/mol. The van der Waals surface area contributed by atoms with Gasteiger partial charge >= 0.3 is 0 Å². The van der Waals surface area contributed by atoms with Crippen LogP contribution in [0.15, 0.2) is 54.9 Å². The van der Waals surface area contributed by atoms with Crippen molar-refractivity contribution in [3.63, 3.8) is 0 Å². The fourth-order valence-electron chi connectivity index (χ4n) is 6.32. The number of anilines is 1. The zero-order valence-electron chi connectivity index (χ0n) is 21.6. The molecule has 2 bridgehead atoms. The van der Waals surface area contributed by atoms with Gasteiger partial charge in [0.1, 0.15) is 23.6 Å². The van der Waals surface area contributed by atoms with E-state index in [9.17, 15) is 18.7 Å². The van der Waals surface area contributed by atoms with Gasteiger partial charge < -0.3 is 10.4 Å². The highest BCUT2D eigenvalue weighted by molar-refractivity contribution is 5.92. The number of hydrogen-bond acceptors (Lipinski definition) is 7. The average Bonchev–Trinajstić information content (AvgIpc) is 3.30. The number of benzene rings is 1. The largest absolute Gasteiger partial charge is 0.384 e. The van der Waals surface area contributed by atoms with Gasteiger partial charge in [0.15, 0.2) is 5.82 Å². The van der Waals surface area contributed by atoms with E-state index in [1.165, 1.54) is 25.1 Å². The Hall–Kier alpha value is -4.18. The number of pyridine rings is 1. The summed E-state index contributed by atoms with van der Waals surface area (Å²) in [5, 5.41) is 20.8. The maximum absolute atomic E-state index is 14.5. The Morgan fingerprint density at radius 2 is 1.87 bits per heavy atom. The fraction of sp³-hybridized carbons (Fsp3) is 0.310. The number of carbonyl (C=O) groups is 1. The molecule has 39 heavy (non-hydrogen) atoms. The number of fused-ring (bicyclic) bond motifs is 5. The summed E-state index contributed by atoms with van der Waals surface area (Å²) in [5.74, 6) is -1.01. The molecule has 0 unspecified atom stereocenters. The third-order valence-corrected chi connectivity index (χ3v) is 8.35. The maximum atomic E-state index is 14.5. The Balaban J connectivity index is 1.40. The van der Waals surface area contributed by atoms with Gasteiger partial charge in [0.05, 0.1) is 28.1 Å². The standard InChI is InChI=1S/C29H26F2N6O2/c1-15(38)27(39)35-23-8-7-16(14-33-23)26-32-12-10-22(34-26)29-11-9-18(28(29,2)3)17-13-21(36-37-25(17)29)24-19(30)5-4-6-20(24)31/h4-8,10,12-15,18,38H,9,11H2,1-3H3,(H,33,35,39)/t15-,18+,29-/m1/s1. The highest BCUT2D eigenvalue weighted by atomic mass is 19.1. The Bertz CT molecular complexity index is 1590. The zero-order chi connectivity index (χ0) is 27.5. The molecule has 0 radical (unpaired) electrons. The molecule has 3 heterocycles. The topological polar surface area (TPSA) is 114 Å². The Morgan fingerprint density at radius 1 is 1.10 bits per heavy atom. The summed E-state index contributed by atoms with van der Waals surface area (Å²) in [6.07, 6.45) is 3.80. The second-order valence-electron chi connectivity index (χ2n) is 10.7. The third-order valence-electron chi connectivity index (χ3n) is 8.35. The van der Waals surface area contributed by atoms with Gasteiger partial charge in [-0.05, 0) is 73.1 Å². The fourth-order valence-corrected chi connectivity index (χ4v) is 6.32. The van der Waals surface area contributed by atoms with Crippen LogP contribution in [0.4, 0.5) is 14.6 Å². The Labute approximate surface area is 223 Å². The molecule has 1 fully saturated rings. The quantitative estimate of drug-likeness (QED) is 0.383. The minimum absolute atomic E-state index is 0.119. The van der Waals surface area contributed by atoms with Crippen molar-refractivity contribution in [3.8, 4) is 22.6 Å². The van der Waals surface area contributed by atoms with Crippen LogP contribution in [0.25, 0.3) is 22.6 Å². The van der Waals surface area contributed by atoms with Crippen molar-refractivity contribution < 1.29 is 18.7 Å². The predicted octanol–water partition coefficient (Wildman–Crippen LogP) is 4.80. The maximum Gasteiger partial charge on any atom is 0.254 e. The number of nitrogens with one attached hydrogen (secondary N) is 1. The first-order valence-corrected chi connectivity index (χ1v) is 12.7. The zero-order valence-corrected chi connectivity index (χ0v) is 21.6. The van der Waals surface area contributed by atoms with Crippen LogP contribution in [0.3, 0.4) is 0 Å². The van der Waals surface area contributed by atoms with Gasteiger partial charge in [-0.15, -0.1) is 5.10 Å². The van der Waals surface area contributed by atoms with Crippen LogP contribution >= 0.6 is 0 Å². The minimum Gasteiger partial charge on any atom is -0.384 e. The van der Waals surface area contributed by atoms with E-state index in [1.807, 2.05) is 6.07 Å². The molecule has 6 rings (SSSR count). The second kappa shape index (κ2) is 8.94. The van der Waals surface area contributed by atoms with Crippen molar-refractivity contribution in [2.45, 2.75) is 51.0 Å². The van der Waals surface area contributed by atoms with Crippen LogP contribution in [-0.4, -0.2) is 42.3 Å². The van der Waals surface area contributed by atoms with E-state index in [-0.39, 0.29) is 22.6 Å². The van der Waals surface area contributed by atoms with Gasteiger partial charge in [-0.2, -0.15) is 5.10 Å². The molecule has 3 aromatic heterocycles. The van der Waals surface area contributed by atoms with Crippen molar-refractivity contribution in [3.05, 3.63) is 83.4 Å².